The maximum atomic E-state index is 13.2. The van der Waals surface area contributed by atoms with Crippen LogP contribution in [0.2, 0.25) is 5.02 Å². The molecule has 176 valence electrons. The third-order valence-electron chi connectivity index (χ3n) is 5.29. The summed E-state index contributed by atoms with van der Waals surface area (Å²) in [7, 11) is -3.63. The van der Waals surface area contributed by atoms with E-state index in [4.69, 9.17) is 11.6 Å². The number of anilines is 1. The Bertz CT molecular complexity index is 1430. The molecule has 0 saturated heterocycles. The molecule has 34 heavy (non-hydrogen) atoms. The second-order valence-corrected chi connectivity index (χ2v) is 11.2. The van der Waals surface area contributed by atoms with Crippen molar-refractivity contribution in [3.05, 3.63) is 82.9 Å². The number of hydrogen-bond acceptors (Lipinski definition) is 6. The standard InChI is InChI=1S/C24H21ClFN3O3S2/c1-16-20(25)11-12-21-23(16)28-24(33-21)29(15-18-5-2-3-13-27-18)22(30)6-4-14-34(31,32)19-9-7-17(26)8-10-19/h2-3,5,7-13H,4,6,14-15H2,1H3. The topological polar surface area (TPSA) is 80.2 Å². The molecule has 0 bridgehead atoms. The third kappa shape index (κ3) is 5.43. The first-order valence-electron chi connectivity index (χ1n) is 10.5. The zero-order chi connectivity index (χ0) is 24.3. The second-order valence-electron chi connectivity index (χ2n) is 7.69. The van der Waals surface area contributed by atoms with Crippen molar-refractivity contribution < 1.29 is 17.6 Å². The number of aromatic nitrogens is 2. The maximum Gasteiger partial charge on any atom is 0.229 e. The van der Waals surface area contributed by atoms with Gasteiger partial charge in [0.2, 0.25) is 5.91 Å². The van der Waals surface area contributed by atoms with Crippen molar-refractivity contribution in [2.75, 3.05) is 10.7 Å². The number of sulfone groups is 1. The Kier molecular flexibility index (Phi) is 7.25. The van der Waals surface area contributed by atoms with Crippen LogP contribution in [-0.4, -0.2) is 30.0 Å². The summed E-state index contributed by atoms with van der Waals surface area (Å²) < 4.78 is 39.1. The van der Waals surface area contributed by atoms with Gasteiger partial charge >= 0.3 is 0 Å². The van der Waals surface area contributed by atoms with E-state index in [1.807, 2.05) is 25.1 Å². The molecule has 1 amide bonds. The number of benzene rings is 2. The molecule has 0 fully saturated rings. The zero-order valence-corrected chi connectivity index (χ0v) is 20.6. The van der Waals surface area contributed by atoms with Gasteiger partial charge in [-0.25, -0.2) is 17.8 Å². The molecule has 2 aromatic heterocycles. The molecule has 0 spiro atoms. The first-order chi connectivity index (χ1) is 16.2. The van der Waals surface area contributed by atoms with Gasteiger partial charge in [-0.1, -0.05) is 29.0 Å². The number of thiazole rings is 1. The van der Waals surface area contributed by atoms with Crippen LogP contribution in [0, 0.1) is 12.7 Å². The second kappa shape index (κ2) is 10.2. The molecule has 2 aromatic carbocycles. The fourth-order valence-electron chi connectivity index (χ4n) is 3.43. The highest BCUT2D eigenvalue weighted by molar-refractivity contribution is 7.91. The van der Waals surface area contributed by atoms with E-state index in [2.05, 4.69) is 9.97 Å². The Hall–Kier alpha value is -2.88. The molecule has 2 heterocycles. The van der Waals surface area contributed by atoms with E-state index in [-0.39, 0.29) is 35.9 Å². The third-order valence-corrected chi connectivity index (χ3v) is 8.56. The average Bonchev–Trinajstić information content (AvgIpc) is 3.25. The van der Waals surface area contributed by atoms with Crippen molar-refractivity contribution in [2.45, 2.75) is 31.2 Å². The number of nitrogens with zero attached hydrogens (tertiary/aromatic N) is 3. The molecule has 6 nitrogen and oxygen atoms in total. The normalized spacial score (nSPS) is 11.6. The van der Waals surface area contributed by atoms with Crippen LogP contribution in [0.4, 0.5) is 9.52 Å². The van der Waals surface area contributed by atoms with E-state index in [1.165, 1.54) is 28.4 Å². The largest absolute Gasteiger partial charge is 0.282 e. The molecule has 0 atom stereocenters. The summed E-state index contributed by atoms with van der Waals surface area (Å²) in [5.41, 5.74) is 2.24. The summed E-state index contributed by atoms with van der Waals surface area (Å²) in [5.74, 6) is -0.995. The molecule has 4 rings (SSSR count). The molecule has 4 aromatic rings. The number of rotatable bonds is 8. The van der Waals surface area contributed by atoms with Crippen molar-refractivity contribution in [1.29, 1.82) is 0 Å². The van der Waals surface area contributed by atoms with E-state index in [1.54, 1.807) is 18.3 Å². The van der Waals surface area contributed by atoms with Crippen molar-refractivity contribution in [3.8, 4) is 0 Å². The van der Waals surface area contributed by atoms with Crippen LogP contribution in [0.5, 0.6) is 0 Å². The van der Waals surface area contributed by atoms with E-state index < -0.39 is 15.7 Å². The lowest BCUT2D eigenvalue weighted by Crippen LogP contribution is -2.30. The lowest BCUT2D eigenvalue weighted by Gasteiger charge is -2.19. The van der Waals surface area contributed by atoms with Crippen molar-refractivity contribution in [1.82, 2.24) is 9.97 Å². The molecule has 0 aliphatic carbocycles. The molecular weight excluding hydrogens is 497 g/mol. The number of carbonyl (C=O) groups excluding carboxylic acids is 1. The average molecular weight is 518 g/mol. The number of amides is 1. The van der Waals surface area contributed by atoms with Gasteiger partial charge in [0.1, 0.15) is 5.82 Å². The number of fused-ring (bicyclic) bond motifs is 1. The molecule has 0 aliphatic rings. The van der Waals surface area contributed by atoms with Gasteiger partial charge < -0.3 is 0 Å². The van der Waals surface area contributed by atoms with Gasteiger partial charge in [-0.2, -0.15) is 0 Å². The monoisotopic (exact) mass is 517 g/mol. The highest BCUT2D eigenvalue weighted by Crippen LogP contribution is 2.34. The molecular formula is C24H21ClFN3O3S2. The van der Waals surface area contributed by atoms with Crippen molar-refractivity contribution in [3.63, 3.8) is 0 Å². The van der Waals surface area contributed by atoms with Crippen molar-refractivity contribution >= 4 is 54.0 Å². The minimum absolute atomic E-state index is 0.00290. The highest BCUT2D eigenvalue weighted by Gasteiger charge is 2.23. The number of pyridine rings is 1. The number of carbonyl (C=O) groups is 1. The number of halogens is 2. The van der Waals surface area contributed by atoms with E-state index >= 15 is 0 Å². The molecule has 0 unspecified atom stereocenters. The number of aryl methyl sites for hydroxylation is 1. The first-order valence-corrected chi connectivity index (χ1v) is 13.3. The van der Waals surface area contributed by atoms with Gasteiger partial charge in [-0.15, -0.1) is 0 Å². The quantitative estimate of drug-likeness (QED) is 0.285. The fraction of sp³-hybridized carbons (Fsp3) is 0.208. The summed E-state index contributed by atoms with van der Waals surface area (Å²) in [4.78, 5) is 23.8. The van der Waals surface area contributed by atoms with E-state index in [0.29, 0.717) is 15.8 Å². The van der Waals surface area contributed by atoms with Crippen LogP contribution >= 0.6 is 22.9 Å². The Morgan fingerprint density at radius 2 is 1.88 bits per heavy atom. The van der Waals surface area contributed by atoms with Gasteiger partial charge in [-0.05, 0) is 67.4 Å². The summed E-state index contributed by atoms with van der Waals surface area (Å²) >= 11 is 7.60. The zero-order valence-electron chi connectivity index (χ0n) is 18.2. The lowest BCUT2D eigenvalue weighted by molar-refractivity contribution is -0.118. The van der Waals surface area contributed by atoms with Crippen LogP contribution in [0.15, 0.2) is 65.7 Å². The Morgan fingerprint density at radius 3 is 2.59 bits per heavy atom. The van der Waals surface area contributed by atoms with Crippen LogP contribution < -0.4 is 4.90 Å². The lowest BCUT2D eigenvalue weighted by atomic mass is 10.2. The van der Waals surface area contributed by atoms with Crippen LogP contribution in [-0.2, 0) is 21.2 Å². The molecule has 0 N–H and O–H groups in total. The van der Waals surface area contributed by atoms with Crippen LogP contribution in [0.3, 0.4) is 0 Å². The Morgan fingerprint density at radius 1 is 1.12 bits per heavy atom. The predicted molar refractivity (Wildman–Crippen MR) is 132 cm³/mol. The summed E-state index contributed by atoms with van der Waals surface area (Å²) in [6, 6.07) is 13.8. The number of hydrogen-bond donors (Lipinski definition) is 0. The predicted octanol–water partition coefficient (Wildman–Crippen LogP) is 5.58. The smallest absolute Gasteiger partial charge is 0.229 e. The van der Waals surface area contributed by atoms with Gasteiger partial charge in [0.15, 0.2) is 15.0 Å². The molecule has 0 saturated carbocycles. The minimum Gasteiger partial charge on any atom is -0.282 e. The molecule has 0 radical (unpaired) electrons. The minimum atomic E-state index is -3.63. The maximum absolute atomic E-state index is 13.2. The summed E-state index contributed by atoms with van der Waals surface area (Å²) in [6.45, 7) is 2.08. The van der Waals surface area contributed by atoms with E-state index in [9.17, 15) is 17.6 Å². The summed E-state index contributed by atoms with van der Waals surface area (Å²) in [5, 5.41) is 1.09. The molecule has 10 heteroatoms. The highest BCUT2D eigenvalue weighted by atomic mass is 35.5. The fourth-order valence-corrected chi connectivity index (χ4v) is 5.93. The SMILES string of the molecule is Cc1c(Cl)ccc2sc(N(Cc3ccccn3)C(=O)CCCS(=O)(=O)c3ccc(F)cc3)nc12. The van der Waals surface area contributed by atoms with Crippen LogP contribution in [0.1, 0.15) is 24.1 Å². The van der Waals surface area contributed by atoms with Gasteiger partial charge in [0.05, 0.1) is 33.1 Å². The van der Waals surface area contributed by atoms with Crippen molar-refractivity contribution in [2.24, 2.45) is 0 Å². The first kappa shape index (κ1) is 24.3. The summed E-state index contributed by atoms with van der Waals surface area (Å²) in [6.07, 6.45) is 1.77. The van der Waals surface area contributed by atoms with Crippen LogP contribution in [0.25, 0.3) is 10.2 Å². The van der Waals surface area contributed by atoms with Gasteiger partial charge in [-0.3, -0.25) is 14.7 Å². The molecule has 0 aliphatic heterocycles. The van der Waals surface area contributed by atoms with Gasteiger partial charge in [0.25, 0.3) is 0 Å². The Balaban J connectivity index is 1.55. The van der Waals surface area contributed by atoms with E-state index in [0.717, 1.165) is 27.9 Å². The van der Waals surface area contributed by atoms with Gasteiger partial charge in [0, 0.05) is 17.6 Å². The Labute approximate surface area is 206 Å².